The van der Waals surface area contributed by atoms with Gasteiger partial charge in [-0.3, -0.25) is 24.0 Å². The van der Waals surface area contributed by atoms with Gasteiger partial charge in [0.2, 0.25) is 5.91 Å². The second-order valence-electron chi connectivity index (χ2n) is 8.27. The Hall–Kier alpha value is -3.11. The predicted octanol–water partition coefficient (Wildman–Crippen LogP) is -1.56. The SMILES string of the molecule is C[C@@H]1c2ccc(N)c(O)c2C(=O)C2C(=O)[C@]3(O)C(=O)C(C(N)=O)C(=O)C[C@@H]3[C@@H](O)[C@@H]21. The molecule has 3 aliphatic rings. The standard InChI is InChI=1S/C20H20N2O8/c1-5-6-2-3-8(21)15(25)11(6)16(26)13-10(5)14(24)7-4-9(23)12(19(22)29)17(27)20(7,30)18(13)28/h2-3,5,7,10,12-14,24-25,30H,4,21H2,1H3,(H2,22,29)/t5-,7-,10-,12?,13?,14-,20-/m1/s1. The summed E-state index contributed by atoms with van der Waals surface area (Å²) in [4.78, 5) is 63.3. The van der Waals surface area contributed by atoms with E-state index in [1.165, 1.54) is 12.1 Å². The number of hydrogen-bond acceptors (Lipinski definition) is 9. The monoisotopic (exact) mass is 416 g/mol. The van der Waals surface area contributed by atoms with Gasteiger partial charge in [0, 0.05) is 18.3 Å². The van der Waals surface area contributed by atoms with Crippen molar-refractivity contribution in [3.8, 4) is 5.75 Å². The highest BCUT2D eigenvalue weighted by molar-refractivity contribution is 6.31. The first-order valence-corrected chi connectivity index (χ1v) is 9.41. The summed E-state index contributed by atoms with van der Waals surface area (Å²) < 4.78 is 0. The van der Waals surface area contributed by atoms with Gasteiger partial charge in [0.15, 0.2) is 34.7 Å². The molecule has 0 aliphatic heterocycles. The Labute approximate surface area is 169 Å². The van der Waals surface area contributed by atoms with Gasteiger partial charge in [-0.15, -0.1) is 0 Å². The molecule has 2 saturated carbocycles. The number of fused-ring (bicyclic) bond motifs is 3. The van der Waals surface area contributed by atoms with Crippen LogP contribution in [0.15, 0.2) is 12.1 Å². The molecule has 0 bridgehead atoms. The zero-order valence-electron chi connectivity index (χ0n) is 15.9. The fourth-order valence-corrected chi connectivity index (χ4v) is 5.37. The number of phenols is 1. The van der Waals surface area contributed by atoms with Crippen LogP contribution >= 0.6 is 0 Å². The molecule has 7 atom stereocenters. The van der Waals surface area contributed by atoms with Gasteiger partial charge in [-0.1, -0.05) is 13.0 Å². The Bertz CT molecular complexity index is 1050. The Morgan fingerprint density at radius 2 is 1.80 bits per heavy atom. The van der Waals surface area contributed by atoms with E-state index in [0.717, 1.165) is 0 Å². The largest absolute Gasteiger partial charge is 0.505 e. The Balaban J connectivity index is 1.91. The molecule has 30 heavy (non-hydrogen) atoms. The molecule has 0 saturated heterocycles. The van der Waals surface area contributed by atoms with Crippen molar-refractivity contribution in [3.05, 3.63) is 23.3 Å². The molecule has 0 spiro atoms. The van der Waals surface area contributed by atoms with E-state index in [0.29, 0.717) is 5.56 Å². The van der Waals surface area contributed by atoms with Crippen molar-refractivity contribution >= 4 is 34.7 Å². The fourth-order valence-electron chi connectivity index (χ4n) is 5.37. The summed E-state index contributed by atoms with van der Waals surface area (Å²) in [6, 6.07) is 2.89. The first-order chi connectivity index (χ1) is 13.9. The van der Waals surface area contributed by atoms with Gasteiger partial charge < -0.3 is 26.8 Å². The topological polar surface area (TPSA) is 198 Å². The molecule has 158 valence electrons. The molecule has 1 aromatic carbocycles. The number of amides is 1. The summed E-state index contributed by atoms with van der Waals surface area (Å²) in [5, 5.41) is 32.4. The number of Topliss-reactive ketones (excluding diaryl/α,β-unsaturated/α-hetero) is 4. The minimum absolute atomic E-state index is 0.0960. The smallest absolute Gasteiger partial charge is 0.235 e. The average molecular weight is 416 g/mol. The lowest BCUT2D eigenvalue weighted by molar-refractivity contribution is -0.189. The number of primary amides is 1. The van der Waals surface area contributed by atoms with Gasteiger partial charge in [0.25, 0.3) is 0 Å². The van der Waals surface area contributed by atoms with Crippen LogP contribution in [-0.2, 0) is 19.2 Å². The van der Waals surface area contributed by atoms with Crippen LogP contribution < -0.4 is 11.5 Å². The van der Waals surface area contributed by atoms with Gasteiger partial charge in [0.1, 0.15) is 5.75 Å². The van der Waals surface area contributed by atoms with E-state index in [9.17, 15) is 39.3 Å². The number of anilines is 1. The fraction of sp³-hybridized carbons (Fsp3) is 0.450. The summed E-state index contributed by atoms with van der Waals surface area (Å²) in [6.07, 6.45) is -2.20. The van der Waals surface area contributed by atoms with Crippen LogP contribution in [-0.4, -0.2) is 56.1 Å². The lowest BCUT2D eigenvalue weighted by Crippen LogP contribution is -2.72. The van der Waals surface area contributed by atoms with Crippen LogP contribution in [0.5, 0.6) is 5.75 Å². The first-order valence-electron chi connectivity index (χ1n) is 9.41. The summed E-state index contributed by atoms with van der Waals surface area (Å²) in [5.74, 6) is -13.2. The maximum absolute atomic E-state index is 13.3. The number of carbonyl (C=O) groups excluding carboxylic acids is 5. The van der Waals surface area contributed by atoms with E-state index in [4.69, 9.17) is 11.5 Å². The Morgan fingerprint density at radius 1 is 1.17 bits per heavy atom. The highest BCUT2D eigenvalue weighted by Gasteiger charge is 2.69. The number of ketones is 4. The van der Waals surface area contributed by atoms with Crippen LogP contribution in [0.1, 0.15) is 35.2 Å². The number of nitrogen functional groups attached to an aromatic ring is 1. The summed E-state index contributed by atoms with van der Waals surface area (Å²) >= 11 is 0. The van der Waals surface area contributed by atoms with Gasteiger partial charge >= 0.3 is 0 Å². The Kier molecular flexibility index (Phi) is 4.16. The lowest BCUT2D eigenvalue weighted by Gasteiger charge is -2.52. The van der Waals surface area contributed by atoms with Crippen LogP contribution in [0.25, 0.3) is 0 Å². The van der Waals surface area contributed by atoms with Crippen molar-refractivity contribution in [2.75, 3.05) is 5.73 Å². The predicted molar refractivity (Wildman–Crippen MR) is 99.0 cm³/mol. The number of aliphatic hydroxyl groups excluding tert-OH is 1. The number of benzene rings is 1. The van der Waals surface area contributed by atoms with E-state index in [1.54, 1.807) is 6.92 Å². The van der Waals surface area contributed by atoms with Gasteiger partial charge in [-0.05, 0) is 17.5 Å². The first kappa shape index (κ1) is 20.2. The van der Waals surface area contributed by atoms with E-state index in [1.807, 2.05) is 0 Å². The van der Waals surface area contributed by atoms with Crippen molar-refractivity contribution in [1.82, 2.24) is 0 Å². The van der Waals surface area contributed by atoms with E-state index in [-0.39, 0.29) is 11.3 Å². The molecule has 4 rings (SSSR count). The highest BCUT2D eigenvalue weighted by atomic mass is 16.3. The third-order valence-corrected chi connectivity index (χ3v) is 6.89. The molecule has 2 unspecified atom stereocenters. The number of carbonyl (C=O) groups is 5. The van der Waals surface area contributed by atoms with Crippen molar-refractivity contribution in [3.63, 3.8) is 0 Å². The maximum atomic E-state index is 13.3. The second kappa shape index (κ2) is 6.19. The normalized spacial score (nSPS) is 38.0. The van der Waals surface area contributed by atoms with Crippen molar-refractivity contribution in [1.29, 1.82) is 0 Å². The van der Waals surface area contributed by atoms with E-state index in [2.05, 4.69) is 0 Å². The quantitative estimate of drug-likeness (QED) is 0.204. The molecule has 0 aromatic heterocycles. The molecule has 1 aromatic rings. The second-order valence-corrected chi connectivity index (χ2v) is 8.27. The molecule has 3 aliphatic carbocycles. The van der Waals surface area contributed by atoms with E-state index >= 15 is 0 Å². The van der Waals surface area contributed by atoms with Crippen molar-refractivity contribution in [2.45, 2.75) is 31.0 Å². The zero-order valence-corrected chi connectivity index (χ0v) is 15.9. The average Bonchev–Trinajstić information content (AvgIpc) is 2.67. The molecule has 10 nitrogen and oxygen atoms in total. The molecular formula is C20H20N2O8. The molecule has 0 heterocycles. The van der Waals surface area contributed by atoms with Crippen molar-refractivity contribution in [2.24, 2.45) is 29.4 Å². The molecule has 0 radical (unpaired) electrons. The molecule has 10 heteroatoms. The minimum Gasteiger partial charge on any atom is -0.505 e. The third kappa shape index (κ3) is 2.23. The van der Waals surface area contributed by atoms with Crippen LogP contribution in [0, 0.1) is 23.7 Å². The zero-order chi connectivity index (χ0) is 22.3. The molecular weight excluding hydrogens is 396 g/mol. The van der Waals surface area contributed by atoms with Gasteiger partial charge in [0.05, 0.1) is 23.3 Å². The molecule has 1 amide bonds. The third-order valence-electron chi connectivity index (χ3n) is 6.89. The Morgan fingerprint density at radius 3 is 2.40 bits per heavy atom. The van der Waals surface area contributed by atoms with E-state index < -0.39 is 82.5 Å². The minimum atomic E-state index is -2.92. The maximum Gasteiger partial charge on any atom is 0.235 e. The van der Waals surface area contributed by atoms with Crippen LogP contribution in [0.4, 0.5) is 5.69 Å². The summed E-state index contributed by atoms with van der Waals surface area (Å²) in [7, 11) is 0. The summed E-state index contributed by atoms with van der Waals surface area (Å²) in [6.45, 7) is 1.62. The number of rotatable bonds is 1. The molecule has 2 fully saturated rings. The van der Waals surface area contributed by atoms with Crippen LogP contribution in [0.2, 0.25) is 0 Å². The molecule has 7 N–H and O–H groups in total. The highest BCUT2D eigenvalue weighted by Crippen LogP contribution is 2.54. The number of nitrogens with two attached hydrogens (primary N) is 2. The van der Waals surface area contributed by atoms with Crippen LogP contribution in [0.3, 0.4) is 0 Å². The van der Waals surface area contributed by atoms with Gasteiger partial charge in [-0.25, -0.2) is 0 Å². The number of hydrogen-bond donors (Lipinski definition) is 5. The summed E-state index contributed by atoms with van der Waals surface area (Å²) in [5.41, 5.74) is 7.91. The lowest BCUT2D eigenvalue weighted by atomic mass is 9.50. The van der Waals surface area contributed by atoms with Crippen molar-refractivity contribution < 1.29 is 39.3 Å². The van der Waals surface area contributed by atoms with Gasteiger partial charge in [-0.2, -0.15) is 0 Å². The number of aromatic hydroxyl groups is 1. The number of aliphatic hydroxyl groups is 2. The number of phenolic OH excluding ortho intramolecular Hbond substituents is 1.